The van der Waals surface area contributed by atoms with Gasteiger partial charge in [0.25, 0.3) is 5.91 Å². The van der Waals surface area contributed by atoms with Crippen LogP contribution in [0.2, 0.25) is 0 Å². The molecule has 0 aliphatic carbocycles. The van der Waals surface area contributed by atoms with Crippen molar-refractivity contribution >= 4 is 29.1 Å². The van der Waals surface area contributed by atoms with Crippen LogP contribution in [0.3, 0.4) is 0 Å². The summed E-state index contributed by atoms with van der Waals surface area (Å²) in [5.74, 6) is -0.813. The highest BCUT2D eigenvalue weighted by atomic mass is 16.6. The van der Waals surface area contributed by atoms with Gasteiger partial charge in [-0.15, -0.1) is 0 Å². The Bertz CT molecular complexity index is 844. The van der Waals surface area contributed by atoms with E-state index in [-0.39, 0.29) is 11.7 Å². The third kappa shape index (κ3) is 3.30. The molecular formula is C16H15N3O6. The Kier molecular flexibility index (Phi) is 4.38. The van der Waals surface area contributed by atoms with Gasteiger partial charge in [-0.05, 0) is 30.7 Å². The van der Waals surface area contributed by atoms with Gasteiger partial charge in [0, 0.05) is 18.7 Å². The molecule has 2 aromatic rings. The van der Waals surface area contributed by atoms with Gasteiger partial charge in [-0.1, -0.05) is 0 Å². The van der Waals surface area contributed by atoms with E-state index < -0.39 is 16.7 Å². The van der Waals surface area contributed by atoms with E-state index in [0.717, 1.165) is 12.5 Å². The van der Waals surface area contributed by atoms with Crippen molar-refractivity contribution in [2.45, 2.75) is 12.8 Å². The molecule has 1 saturated heterocycles. The van der Waals surface area contributed by atoms with E-state index >= 15 is 0 Å². The average Bonchev–Trinajstić information content (AvgIpc) is 3.24. The van der Waals surface area contributed by atoms with E-state index in [4.69, 9.17) is 9.15 Å². The molecule has 3 rings (SSSR count). The summed E-state index contributed by atoms with van der Waals surface area (Å²) < 4.78 is 10.2. The van der Waals surface area contributed by atoms with Crippen LogP contribution in [0.15, 0.2) is 34.7 Å². The topological polar surface area (TPSA) is 115 Å². The van der Waals surface area contributed by atoms with Gasteiger partial charge in [0.05, 0.1) is 18.9 Å². The fourth-order valence-corrected chi connectivity index (χ4v) is 2.62. The van der Waals surface area contributed by atoms with Crippen molar-refractivity contribution in [2.24, 2.45) is 0 Å². The van der Waals surface area contributed by atoms with Gasteiger partial charge in [0.15, 0.2) is 5.76 Å². The summed E-state index contributed by atoms with van der Waals surface area (Å²) in [6.07, 6.45) is 1.23. The largest absolute Gasteiger partial charge is 0.495 e. The maximum atomic E-state index is 12.2. The zero-order chi connectivity index (χ0) is 18.0. The number of amides is 2. The Labute approximate surface area is 142 Å². The Morgan fingerprint density at radius 1 is 1.36 bits per heavy atom. The van der Waals surface area contributed by atoms with Crippen LogP contribution >= 0.6 is 0 Å². The predicted octanol–water partition coefficient (Wildman–Crippen LogP) is 2.58. The summed E-state index contributed by atoms with van der Waals surface area (Å²) >= 11 is 0. The van der Waals surface area contributed by atoms with Crippen molar-refractivity contribution in [1.29, 1.82) is 0 Å². The summed E-state index contributed by atoms with van der Waals surface area (Å²) in [5, 5.41) is 13.2. The molecule has 0 bridgehead atoms. The third-order valence-electron chi connectivity index (χ3n) is 3.80. The van der Waals surface area contributed by atoms with Crippen molar-refractivity contribution in [3.05, 3.63) is 46.2 Å². The second-order valence-corrected chi connectivity index (χ2v) is 5.38. The number of benzene rings is 1. The Hall–Kier alpha value is -3.36. The molecular weight excluding hydrogens is 330 g/mol. The van der Waals surface area contributed by atoms with E-state index in [1.165, 1.54) is 13.2 Å². The highest BCUT2D eigenvalue weighted by molar-refractivity contribution is 6.03. The lowest BCUT2D eigenvalue weighted by Crippen LogP contribution is -2.24. The summed E-state index contributed by atoms with van der Waals surface area (Å²) in [5.41, 5.74) is 0.979. The molecule has 0 spiro atoms. The number of methoxy groups -OCH3 is 1. The van der Waals surface area contributed by atoms with E-state index in [9.17, 15) is 19.7 Å². The van der Waals surface area contributed by atoms with Crippen LogP contribution in [-0.4, -0.2) is 30.4 Å². The molecule has 0 atom stereocenters. The SMILES string of the molecule is COc1ccc(NC(=O)c2ccc([N+](=O)[O-])o2)cc1N1CCCC1=O. The fourth-order valence-electron chi connectivity index (χ4n) is 2.62. The number of hydrogen-bond donors (Lipinski definition) is 1. The summed E-state index contributed by atoms with van der Waals surface area (Å²) in [4.78, 5) is 35.6. The number of rotatable bonds is 5. The van der Waals surface area contributed by atoms with Crippen LogP contribution in [0, 0.1) is 10.1 Å². The molecule has 0 unspecified atom stereocenters. The number of furan rings is 1. The van der Waals surface area contributed by atoms with E-state index in [0.29, 0.717) is 30.1 Å². The van der Waals surface area contributed by atoms with Gasteiger partial charge in [-0.2, -0.15) is 0 Å². The standard InChI is InChI=1S/C16H15N3O6/c1-24-12-5-4-10(9-11(12)18-8-2-3-14(18)20)17-16(21)13-6-7-15(25-13)19(22)23/h4-7,9H,2-3,8H2,1H3,(H,17,21). The number of nitrogens with zero attached hydrogens (tertiary/aromatic N) is 2. The maximum absolute atomic E-state index is 12.2. The highest BCUT2D eigenvalue weighted by Gasteiger charge is 2.25. The normalized spacial score (nSPS) is 13.8. The number of hydrogen-bond acceptors (Lipinski definition) is 6. The smallest absolute Gasteiger partial charge is 0.433 e. The molecule has 2 heterocycles. The van der Waals surface area contributed by atoms with Crippen molar-refractivity contribution in [1.82, 2.24) is 0 Å². The molecule has 2 amide bonds. The lowest BCUT2D eigenvalue weighted by Gasteiger charge is -2.20. The van der Waals surface area contributed by atoms with Crippen LogP contribution in [0.25, 0.3) is 0 Å². The van der Waals surface area contributed by atoms with Gasteiger partial charge >= 0.3 is 5.88 Å². The van der Waals surface area contributed by atoms with E-state index in [1.54, 1.807) is 23.1 Å². The molecule has 1 aromatic carbocycles. The molecule has 1 N–H and O–H groups in total. The van der Waals surface area contributed by atoms with Gasteiger partial charge in [0.1, 0.15) is 10.7 Å². The van der Waals surface area contributed by atoms with Crippen molar-refractivity contribution in [3.63, 3.8) is 0 Å². The van der Waals surface area contributed by atoms with E-state index in [2.05, 4.69) is 5.32 Å². The Morgan fingerprint density at radius 2 is 2.16 bits per heavy atom. The van der Waals surface area contributed by atoms with Crippen molar-refractivity contribution in [3.8, 4) is 5.75 Å². The first-order valence-electron chi connectivity index (χ1n) is 7.53. The minimum Gasteiger partial charge on any atom is -0.495 e. The number of carbonyl (C=O) groups excluding carboxylic acids is 2. The number of nitrogens with one attached hydrogen (secondary N) is 1. The minimum atomic E-state index is -0.721. The molecule has 25 heavy (non-hydrogen) atoms. The number of carbonyl (C=O) groups is 2. The lowest BCUT2D eigenvalue weighted by atomic mass is 10.2. The first-order valence-corrected chi connectivity index (χ1v) is 7.53. The Morgan fingerprint density at radius 3 is 2.76 bits per heavy atom. The predicted molar refractivity (Wildman–Crippen MR) is 87.9 cm³/mol. The van der Waals surface area contributed by atoms with Crippen molar-refractivity contribution in [2.75, 3.05) is 23.9 Å². The molecule has 0 saturated carbocycles. The number of nitro groups is 1. The zero-order valence-corrected chi connectivity index (χ0v) is 13.4. The second-order valence-electron chi connectivity index (χ2n) is 5.38. The zero-order valence-electron chi connectivity index (χ0n) is 13.4. The molecule has 130 valence electrons. The molecule has 1 aliphatic rings. The molecule has 1 aromatic heterocycles. The van der Waals surface area contributed by atoms with Crippen LogP contribution < -0.4 is 15.0 Å². The maximum Gasteiger partial charge on any atom is 0.433 e. The lowest BCUT2D eigenvalue weighted by molar-refractivity contribution is -0.402. The quantitative estimate of drug-likeness (QED) is 0.658. The average molecular weight is 345 g/mol. The molecule has 1 fully saturated rings. The minimum absolute atomic E-state index is 0.0107. The van der Waals surface area contributed by atoms with E-state index in [1.807, 2.05) is 0 Å². The van der Waals surface area contributed by atoms with Crippen molar-refractivity contribution < 1.29 is 23.7 Å². The van der Waals surface area contributed by atoms with Gasteiger partial charge in [-0.3, -0.25) is 19.7 Å². The van der Waals surface area contributed by atoms with Crippen LogP contribution in [0.5, 0.6) is 5.75 Å². The summed E-state index contributed by atoms with van der Waals surface area (Å²) in [7, 11) is 1.50. The molecule has 9 heteroatoms. The monoisotopic (exact) mass is 345 g/mol. The van der Waals surface area contributed by atoms with Gasteiger partial charge < -0.3 is 19.4 Å². The van der Waals surface area contributed by atoms with Gasteiger partial charge in [-0.25, -0.2) is 0 Å². The summed E-state index contributed by atoms with van der Waals surface area (Å²) in [6.45, 7) is 0.580. The molecule has 9 nitrogen and oxygen atoms in total. The molecule has 1 aliphatic heterocycles. The second kappa shape index (κ2) is 6.63. The Balaban J connectivity index is 1.83. The number of ether oxygens (including phenoxy) is 1. The van der Waals surface area contributed by atoms with Crippen LogP contribution in [0.4, 0.5) is 17.3 Å². The third-order valence-corrected chi connectivity index (χ3v) is 3.80. The fraction of sp³-hybridized carbons (Fsp3) is 0.250. The van der Waals surface area contributed by atoms with Crippen LogP contribution in [-0.2, 0) is 4.79 Å². The highest BCUT2D eigenvalue weighted by Crippen LogP contribution is 2.34. The molecule has 0 radical (unpaired) electrons. The first kappa shape index (κ1) is 16.5. The van der Waals surface area contributed by atoms with Gasteiger partial charge in [0.2, 0.25) is 5.91 Å². The van der Waals surface area contributed by atoms with Crippen LogP contribution in [0.1, 0.15) is 23.4 Å². The summed E-state index contributed by atoms with van der Waals surface area (Å²) in [6, 6.07) is 7.20. The first-order chi connectivity index (χ1) is 12.0. The number of anilines is 2.